The Morgan fingerprint density at radius 3 is 3.06 bits per heavy atom. The van der Waals surface area contributed by atoms with Gasteiger partial charge in [-0.25, -0.2) is 9.97 Å². The molecule has 1 saturated carbocycles. The molecular weight excluding hydrogens is 232 g/mol. The van der Waals surface area contributed by atoms with Gasteiger partial charge in [0.1, 0.15) is 17.0 Å². The number of fused-ring (bicyclic) bond motifs is 1. The first-order chi connectivity index (χ1) is 8.31. The molecule has 2 aromatic rings. The number of hydrogen-bond donors (Lipinski definition) is 1. The molecule has 0 spiro atoms. The monoisotopic (exact) mass is 248 g/mol. The van der Waals surface area contributed by atoms with Gasteiger partial charge in [-0.15, -0.1) is 11.3 Å². The summed E-state index contributed by atoms with van der Waals surface area (Å²) < 4.78 is 0. The van der Waals surface area contributed by atoms with E-state index in [0.717, 1.165) is 22.0 Å². The maximum atomic E-state index is 5.89. The summed E-state index contributed by atoms with van der Waals surface area (Å²) in [7, 11) is 2.09. The molecule has 1 atom stereocenters. The molecule has 2 heterocycles. The summed E-state index contributed by atoms with van der Waals surface area (Å²) >= 11 is 1.65. The third-order valence-corrected chi connectivity index (χ3v) is 4.30. The molecule has 2 aromatic heterocycles. The summed E-state index contributed by atoms with van der Waals surface area (Å²) in [6.45, 7) is 0.691. The molecule has 0 aliphatic heterocycles. The highest BCUT2D eigenvalue weighted by atomic mass is 32.1. The zero-order chi connectivity index (χ0) is 11.8. The van der Waals surface area contributed by atoms with Gasteiger partial charge < -0.3 is 10.6 Å². The summed E-state index contributed by atoms with van der Waals surface area (Å²) in [5.74, 6) is 1.76. The Balaban J connectivity index is 1.98. The van der Waals surface area contributed by atoms with Crippen molar-refractivity contribution in [1.29, 1.82) is 0 Å². The van der Waals surface area contributed by atoms with Gasteiger partial charge in [-0.1, -0.05) is 0 Å². The van der Waals surface area contributed by atoms with Crippen LogP contribution in [0.2, 0.25) is 0 Å². The maximum Gasteiger partial charge on any atom is 0.140 e. The van der Waals surface area contributed by atoms with E-state index < -0.39 is 0 Å². The van der Waals surface area contributed by atoms with Gasteiger partial charge in [-0.3, -0.25) is 0 Å². The molecule has 90 valence electrons. The fraction of sp³-hybridized carbons (Fsp3) is 0.500. The molecule has 0 bridgehead atoms. The Morgan fingerprint density at radius 1 is 1.53 bits per heavy atom. The van der Waals surface area contributed by atoms with Crippen LogP contribution in [0, 0.1) is 5.92 Å². The number of nitrogens with two attached hydrogens (primary N) is 1. The number of nitrogens with zero attached hydrogens (tertiary/aromatic N) is 3. The lowest BCUT2D eigenvalue weighted by atomic mass is 10.1. The van der Waals surface area contributed by atoms with Gasteiger partial charge in [0.15, 0.2) is 0 Å². The zero-order valence-electron chi connectivity index (χ0n) is 9.84. The van der Waals surface area contributed by atoms with Crippen LogP contribution in [0.15, 0.2) is 17.8 Å². The van der Waals surface area contributed by atoms with E-state index in [2.05, 4.69) is 33.4 Å². The average molecular weight is 248 g/mol. The molecule has 4 nitrogen and oxygen atoms in total. The fourth-order valence-corrected chi connectivity index (χ4v) is 3.09. The standard InChI is InChI=1S/C12H16N4S/c1-16(10(6-13)8-2-3-8)11-9-4-5-17-12(9)15-7-14-11/h4-5,7-8,10H,2-3,6,13H2,1H3. The molecule has 5 heteroatoms. The van der Waals surface area contributed by atoms with Crippen molar-refractivity contribution in [3.63, 3.8) is 0 Å². The van der Waals surface area contributed by atoms with Crippen molar-refractivity contribution in [3.05, 3.63) is 17.8 Å². The highest BCUT2D eigenvalue weighted by molar-refractivity contribution is 7.16. The first kappa shape index (κ1) is 10.9. The van der Waals surface area contributed by atoms with Gasteiger partial charge in [0.2, 0.25) is 0 Å². The second-order valence-corrected chi connectivity index (χ2v) is 5.48. The van der Waals surface area contributed by atoms with Gasteiger partial charge in [0.05, 0.1) is 5.39 Å². The van der Waals surface area contributed by atoms with E-state index in [1.54, 1.807) is 17.7 Å². The summed E-state index contributed by atoms with van der Waals surface area (Å²) in [5.41, 5.74) is 5.89. The van der Waals surface area contributed by atoms with Crippen LogP contribution in [0.3, 0.4) is 0 Å². The van der Waals surface area contributed by atoms with Crippen LogP contribution in [0.25, 0.3) is 10.2 Å². The van der Waals surface area contributed by atoms with Crippen molar-refractivity contribution in [2.75, 3.05) is 18.5 Å². The van der Waals surface area contributed by atoms with Gasteiger partial charge in [0, 0.05) is 19.6 Å². The van der Waals surface area contributed by atoms with E-state index in [1.807, 2.05) is 0 Å². The molecular formula is C12H16N4S. The highest BCUT2D eigenvalue weighted by Gasteiger charge is 2.33. The predicted molar refractivity (Wildman–Crippen MR) is 71.4 cm³/mol. The van der Waals surface area contributed by atoms with E-state index in [-0.39, 0.29) is 0 Å². The third kappa shape index (κ3) is 1.89. The normalized spacial score (nSPS) is 17.3. The predicted octanol–water partition coefficient (Wildman–Crippen LogP) is 1.86. The Kier molecular flexibility index (Phi) is 2.72. The van der Waals surface area contributed by atoms with E-state index in [4.69, 9.17) is 5.73 Å². The topological polar surface area (TPSA) is 55.0 Å². The fourth-order valence-electron chi connectivity index (χ4n) is 2.36. The summed E-state index contributed by atoms with van der Waals surface area (Å²) in [6, 6.07) is 2.50. The molecule has 0 saturated heterocycles. The van der Waals surface area contributed by atoms with Crippen molar-refractivity contribution in [2.45, 2.75) is 18.9 Å². The number of hydrogen-bond acceptors (Lipinski definition) is 5. The second kappa shape index (κ2) is 4.23. The Hall–Kier alpha value is -1.20. The zero-order valence-corrected chi connectivity index (χ0v) is 10.7. The molecule has 0 amide bonds. The molecule has 3 rings (SSSR count). The largest absolute Gasteiger partial charge is 0.355 e. The molecule has 1 unspecified atom stereocenters. The minimum Gasteiger partial charge on any atom is -0.355 e. The lowest BCUT2D eigenvalue weighted by Gasteiger charge is -2.28. The minimum absolute atomic E-state index is 0.410. The first-order valence-electron chi connectivity index (χ1n) is 5.92. The number of anilines is 1. The van der Waals surface area contributed by atoms with E-state index in [1.165, 1.54) is 12.8 Å². The molecule has 17 heavy (non-hydrogen) atoms. The van der Waals surface area contributed by atoms with Crippen molar-refractivity contribution in [2.24, 2.45) is 11.7 Å². The Morgan fingerprint density at radius 2 is 2.35 bits per heavy atom. The van der Waals surface area contributed by atoms with Crippen LogP contribution in [-0.4, -0.2) is 29.6 Å². The SMILES string of the molecule is CN(c1ncnc2sccc12)C(CN)C1CC1. The van der Waals surface area contributed by atoms with E-state index in [0.29, 0.717) is 12.6 Å². The molecule has 0 aromatic carbocycles. The van der Waals surface area contributed by atoms with E-state index in [9.17, 15) is 0 Å². The first-order valence-corrected chi connectivity index (χ1v) is 6.80. The number of rotatable bonds is 4. The second-order valence-electron chi connectivity index (χ2n) is 4.59. The molecule has 1 aliphatic rings. The third-order valence-electron chi connectivity index (χ3n) is 3.48. The molecule has 1 fully saturated rings. The van der Waals surface area contributed by atoms with Crippen molar-refractivity contribution in [3.8, 4) is 0 Å². The highest BCUT2D eigenvalue weighted by Crippen LogP contribution is 2.37. The lowest BCUT2D eigenvalue weighted by molar-refractivity contribution is 0.567. The van der Waals surface area contributed by atoms with Crippen LogP contribution in [0.4, 0.5) is 5.82 Å². The van der Waals surface area contributed by atoms with Crippen LogP contribution < -0.4 is 10.6 Å². The summed E-state index contributed by atoms with van der Waals surface area (Å²) in [6.07, 6.45) is 4.24. The molecule has 1 aliphatic carbocycles. The number of aromatic nitrogens is 2. The van der Waals surface area contributed by atoms with Gasteiger partial charge >= 0.3 is 0 Å². The van der Waals surface area contributed by atoms with Crippen molar-refractivity contribution in [1.82, 2.24) is 9.97 Å². The van der Waals surface area contributed by atoms with Crippen LogP contribution >= 0.6 is 11.3 Å². The van der Waals surface area contributed by atoms with Crippen LogP contribution in [-0.2, 0) is 0 Å². The molecule has 2 N–H and O–H groups in total. The maximum absolute atomic E-state index is 5.89. The van der Waals surface area contributed by atoms with Crippen molar-refractivity contribution < 1.29 is 0 Å². The van der Waals surface area contributed by atoms with Crippen LogP contribution in [0.1, 0.15) is 12.8 Å². The summed E-state index contributed by atoms with van der Waals surface area (Å²) in [4.78, 5) is 12.0. The average Bonchev–Trinajstić information content (AvgIpc) is 3.06. The van der Waals surface area contributed by atoms with Gasteiger partial charge in [-0.2, -0.15) is 0 Å². The quantitative estimate of drug-likeness (QED) is 0.897. The smallest absolute Gasteiger partial charge is 0.140 e. The van der Waals surface area contributed by atoms with Crippen LogP contribution in [0.5, 0.6) is 0 Å². The number of thiophene rings is 1. The molecule has 0 radical (unpaired) electrons. The van der Waals surface area contributed by atoms with Gasteiger partial charge in [0.25, 0.3) is 0 Å². The van der Waals surface area contributed by atoms with Crippen molar-refractivity contribution >= 4 is 27.4 Å². The number of likely N-dealkylation sites (N-methyl/N-ethyl adjacent to an activating group) is 1. The lowest BCUT2D eigenvalue weighted by Crippen LogP contribution is -2.40. The Bertz CT molecular complexity index is 520. The minimum atomic E-state index is 0.410. The Labute approximate surface area is 104 Å². The van der Waals surface area contributed by atoms with Gasteiger partial charge in [-0.05, 0) is 30.2 Å². The van der Waals surface area contributed by atoms with E-state index >= 15 is 0 Å². The summed E-state index contributed by atoms with van der Waals surface area (Å²) in [5, 5.41) is 3.20.